The summed E-state index contributed by atoms with van der Waals surface area (Å²) in [6.07, 6.45) is 0. The largest absolute Gasteiger partial charge is 0.466 e. The highest BCUT2D eigenvalue weighted by Gasteiger charge is 2.58. The van der Waals surface area contributed by atoms with Crippen LogP contribution in [0.1, 0.15) is 10.8 Å². The summed E-state index contributed by atoms with van der Waals surface area (Å²) < 4.78 is 23.5. The van der Waals surface area contributed by atoms with Crippen LogP contribution in [0.4, 0.5) is 4.39 Å². The molecule has 0 aromatic carbocycles. The number of ether oxygens (including phenoxy) is 2. The smallest absolute Gasteiger partial charge is 0.356 e. The minimum atomic E-state index is -3.26. The van der Waals surface area contributed by atoms with Crippen molar-refractivity contribution >= 4 is 23.3 Å². The van der Waals surface area contributed by atoms with Gasteiger partial charge in [0, 0.05) is 9.80 Å². The Balaban J connectivity index is 3.34. The molecule has 1 rings (SSSR count). The molecule has 7 nitrogen and oxygen atoms in total. The second kappa shape index (κ2) is 6.42. The molecule has 110 valence electrons. The maximum Gasteiger partial charge on any atom is 0.356 e. The molecule has 0 saturated carbocycles. The molecule has 0 aliphatic carbocycles. The number of esters is 2. The summed E-state index contributed by atoms with van der Waals surface area (Å²) in [5.74, 6) is -4.66. The molecule has 0 N–H and O–H groups in total. The molecule has 1 atom stereocenters. The highest BCUT2D eigenvalue weighted by atomic mass is 32.1. The van der Waals surface area contributed by atoms with Crippen molar-refractivity contribution in [3.8, 4) is 0 Å². The van der Waals surface area contributed by atoms with E-state index in [1.54, 1.807) is 5.38 Å². The van der Waals surface area contributed by atoms with Gasteiger partial charge in [-0.25, -0.2) is 14.0 Å². The van der Waals surface area contributed by atoms with Crippen molar-refractivity contribution < 1.29 is 28.4 Å². The van der Waals surface area contributed by atoms with E-state index in [9.17, 15) is 24.1 Å². The van der Waals surface area contributed by atoms with E-state index in [1.165, 1.54) is 12.1 Å². The first-order chi connectivity index (χ1) is 9.37. The van der Waals surface area contributed by atoms with Crippen LogP contribution in [0.3, 0.4) is 0 Å². The van der Waals surface area contributed by atoms with Crippen molar-refractivity contribution in [2.24, 2.45) is 0 Å². The van der Waals surface area contributed by atoms with Crippen molar-refractivity contribution in [3.05, 3.63) is 32.5 Å². The van der Waals surface area contributed by atoms with E-state index in [0.29, 0.717) is 0 Å². The predicted molar refractivity (Wildman–Crippen MR) is 66.8 cm³/mol. The molecule has 0 fully saturated rings. The molecule has 0 spiro atoms. The maximum absolute atomic E-state index is 14.9. The highest BCUT2D eigenvalue weighted by molar-refractivity contribution is 7.10. The molecule has 20 heavy (non-hydrogen) atoms. The normalized spacial score (nSPS) is 12.6. The Bertz CT molecular complexity index is 487. The van der Waals surface area contributed by atoms with E-state index < -0.39 is 35.0 Å². The molecule has 0 saturated heterocycles. The highest BCUT2D eigenvalue weighted by Crippen LogP contribution is 2.37. The van der Waals surface area contributed by atoms with E-state index in [2.05, 4.69) is 9.47 Å². The van der Waals surface area contributed by atoms with E-state index in [4.69, 9.17) is 0 Å². The first-order valence-electron chi connectivity index (χ1n) is 5.38. The van der Waals surface area contributed by atoms with Gasteiger partial charge < -0.3 is 9.47 Å². The van der Waals surface area contributed by atoms with Gasteiger partial charge in [-0.3, -0.25) is 10.1 Å². The van der Waals surface area contributed by atoms with Crippen molar-refractivity contribution in [2.45, 2.75) is 11.6 Å². The van der Waals surface area contributed by atoms with Gasteiger partial charge in [-0.1, -0.05) is 6.07 Å². The summed E-state index contributed by atoms with van der Waals surface area (Å²) >= 11 is 0.996. The third-order valence-corrected chi connectivity index (χ3v) is 3.65. The summed E-state index contributed by atoms with van der Waals surface area (Å²) in [7, 11) is 1.77. The van der Waals surface area contributed by atoms with Gasteiger partial charge in [-0.2, -0.15) is 0 Å². The molecule has 0 unspecified atom stereocenters. The number of carbonyl (C=O) groups is 2. The Morgan fingerprint density at radius 2 is 2.00 bits per heavy atom. The van der Waals surface area contributed by atoms with E-state index in [0.717, 1.165) is 25.6 Å². The van der Waals surface area contributed by atoms with Gasteiger partial charge >= 0.3 is 17.6 Å². The third kappa shape index (κ3) is 2.93. The quantitative estimate of drug-likeness (QED) is 0.339. The Morgan fingerprint density at radius 1 is 1.45 bits per heavy atom. The van der Waals surface area contributed by atoms with Crippen LogP contribution in [0.15, 0.2) is 17.5 Å². The van der Waals surface area contributed by atoms with Crippen molar-refractivity contribution in [1.29, 1.82) is 0 Å². The van der Waals surface area contributed by atoms with Crippen LogP contribution in [0.5, 0.6) is 0 Å². The number of hydrogen-bond donors (Lipinski definition) is 0. The standard InChI is InChI=1S/C11H12FNO6S/c1-18-9(14)11(12,10(15)19-2)7(6-13(16)17)8-4-3-5-20-8/h3-5,7H,6H2,1-2H3/t7-/m1/s1. The van der Waals surface area contributed by atoms with Crippen LogP contribution in [-0.2, 0) is 19.1 Å². The molecule has 1 heterocycles. The second-order valence-corrected chi connectivity index (χ2v) is 4.76. The lowest BCUT2D eigenvalue weighted by Crippen LogP contribution is -2.50. The summed E-state index contributed by atoms with van der Waals surface area (Å²) in [5, 5.41) is 12.3. The Morgan fingerprint density at radius 3 is 2.35 bits per heavy atom. The number of carbonyl (C=O) groups excluding carboxylic acids is 2. The monoisotopic (exact) mass is 305 g/mol. The zero-order valence-electron chi connectivity index (χ0n) is 10.7. The van der Waals surface area contributed by atoms with Crippen LogP contribution in [0.2, 0.25) is 0 Å². The number of nitrogens with zero attached hydrogens (tertiary/aromatic N) is 1. The summed E-state index contributed by atoms with van der Waals surface area (Å²) in [6.45, 7) is -0.943. The summed E-state index contributed by atoms with van der Waals surface area (Å²) in [6, 6.07) is 2.93. The van der Waals surface area contributed by atoms with E-state index >= 15 is 0 Å². The number of nitro groups is 1. The van der Waals surface area contributed by atoms with Crippen molar-refractivity contribution in [2.75, 3.05) is 20.8 Å². The Labute approximate surface area is 117 Å². The topological polar surface area (TPSA) is 95.7 Å². The SMILES string of the molecule is COC(=O)C(F)(C(=O)OC)[C@H](C[N+](=O)[O-])c1cccs1. The Hall–Kier alpha value is -2.03. The zero-order valence-corrected chi connectivity index (χ0v) is 11.5. The molecule has 0 radical (unpaired) electrons. The van der Waals surface area contributed by atoms with Crippen LogP contribution in [0, 0.1) is 10.1 Å². The van der Waals surface area contributed by atoms with Crippen LogP contribution in [0.25, 0.3) is 0 Å². The van der Waals surface area contributed by atoms with Gasteiger partial charge in [0.25, 0.3) is 0 Å². The average molecular weight is 305 g/mol. The van der Waals surface area contributed by atoms with Gasteiger partial charge in [0.15, 0.2) is 0 Å². The maximum atomic E-state index is 14.9. The van der Waals surface area contributed by atoms with Gasteiger partial charge in [-0.15, -0.1) is 11.3 Å². The number of thiophene rings is 1. The first kappa shape index (κ1) is 16.0. The number of alkyl halides is 1. The lowest BCUT2D eigenvalue weighted by atomic mass is 9.87. The molecule has 1 aromatic heterocycles. The lowest BCUT2D eigenvalue weighted by molar-refractivity contribution is -0.485. The minimum Gasteiger partial charge on any atom is -0.466 e. The predicted octanol–water partition coefficient (Wildman–Crippen LogP) is 1.16. The lowest BCUT2D eigenvalue weighted by Gasteiger charge is -2.25. The molecule has 9 heteroatoms. The van der Waals surface area contributed by atoms with Crippen LogP contribution in [-0.4, -0.2) is 43.3 Å². The second-order valence-electron chi connectivity index (χ2n) is 3.78. The molecular weight excluding hydrogens is 293 g/mol. The number of hydrogen-bond acceptors (Lipinski definition) is 7. The van der Waals surface area contributed by atoms with Crippen molar-refractivity contribution in [1.82, 2.24) is 0 Å². The summed E-state index contributed by atoms with van der Waals surface area (Å²) in [4.78, 5) is 33.4. The number of rotatable bonds is 6. The summed E-state index contributed by atoms with van der Waals surface area (Å²) in [5.41, 5.74) is -3.26. The van der Waals surface area contributed by atoms with E-state index in [-0.39, 0.29) is 4.88 Å². The molecule has 0 aliphatic rings. The molecule has 0 amide bonds. The molecule has 1 aromatic rings. The fourth-order valence-electron chi connectivity index (χ4n) is 1.72. The van der Waals surface area contributed by atoms with Gasteiger partial charge in [0.2, 0.25) is 6.54 Å². The first-order valence-corrected chi connectivity index (χ1v) is 6.26. The molecule has 0 aliphatic heterocycles. The average Bonchev–Trinajstić information content (AvgIpc) is 2.95. The van der Waals surface area contributed by atoms with Crippen LogP contribution >= 0.6 is 11.3 Å². The zero-order chi connectivity index (χ0) is 15.3. The van der Waals surface area contributed by atoms with Gasteiger partial charge in [0.05, 0.1) is 14.2 Å². The fraction of sp³-hybridized carbons (Fsp3) is 0.455. The molecular formula is C11H12FNO6S. The Kier molecular flexibility index (Phi) is 5.14. The van der Waals surface area contributed by atoms with E-state index in [1.807, 2.05) is 0 Å². The van der Waals surface area contributed by atoms with Gasteiger partial charge in [-0.05, 0) is 11.4 Å². The third-order valence-electron chi connectivity index (χ3n) is 2.66. The van der Waals surface area contributed by atoms with Crippen molar-refractivity contribution in [3.63, 3.8) is 0 Å². The number of methoxy groups -OCH3 is 2. The fourth-order valence-corrected chi connectivity index (χ4v) is 2.59. The molecule has 0 bridgehead atoms. The number of halogens is 1. The van der Waals surface area contributed by atoms with Crippen LogP contribution < -0.4 is 0 Å². The minimum absolute atomic E-state index is 0.181. The van der Waals surface area contributed by atoms with Gasteiger partial charge in [0.1, 0.15) is 5.92 Å².